The second-order valence-corrected chi connectivity index (χ2v) is 4.90. The third kappa shape index (κ3) is 2.86. The fraction of sp³-hybridized carbons (Fsp3) is 0.500. The maximum Gasteiger partial charge on any atom is 0.254 e. The number of hydrogen-bond acceptors (Lipinski definition) is 5. The lowest BCUT2D eigenvalue weighted by Gasteiger charge is -2.37. The van der Waals surface area contributed by atoms with Crippen LogP contribution in [0.3, 0.4) is 0 Å². The normalized spacial score (nSPS) is 22.6. The molecule has 0 saturated carbocycles. The third-order valence-corrected chi connectivity index (χ3v) is 3.45. The third-order valence-electron chi connectivity index (χ3n) is 3.45. The average molecular weight is 280 g/mol. The molecule has 1 aromatic carbocycles. The number of benzene rings is 1. The van der Waals surface area contributed by atoms with Crippen molar-refractivity contribution in [3.63, 3.8) is 0 Å². The van der Waals surface area contributed by atoms with Gasteiger partial charge >= 0.3 is 0 Å². The second kappa shape index (κ2) is 6.11. The van der Waals surface area contributed by atoms with Gasteiger partial charge in [0.15, 0.2) is 0 Å². The Bertz CT molecular complexity index is 492. The summed E-state index contributed by atoms with van der Waals surface area (Å²) in [5, 5.41) is 9.17. The maximum absolute atomic E-state index is 12.5. The minimum Gasteiger partial charge on any atom is -0.495 e. The lowest BCUT2D eigenvalue weighted by molar-refractivity contribution is -0.0667. The summed E-state index contributed by atoms with van der Waals surface area (Å²) in [6, 6.07) is 4.93. The number of morpholine rings is 1. The molecular weight excluding hydrogens is 260 g/mol. The number of methoxy groups -OCH3 is 1. The van der Waals surface area contributed by atoms with Gasteiger partial charge in [0.25, 0.3) is 5.91 Å². The van der Waals surface area contributed by atoms with E-state index in [2.05, 4.69) is 0 Å². The number of nitrogen functional groups attached to an aromatic ring is 1. The molecule has 2 atom stereocenters. The topological polar surface area (TPSA) is 85.0 Å². The largest absolute Gasteiger partial charge is 0.495 e. The highest BCUT2D eigenvalue weighted by molar-refractivity contribution is 5.95. The number of hydrogen-bond donors (Lipinski definition) is 2. The number of anilines is 1. The van der Waals surface area contributed by atoms with Crippen LogP contribution in [0.2, 0.25) is 0 Å². The summed E-state index contributed by atoms with van der Waals surface area (Å²) in [7, 11) is 1.51. The van der Waals surface area contributed by atoms with Crippen molar-refractivity contribution in [2.75, 3.05) is 32.6 Å². The number of aliphatic hydroxyl groups is 1. The Labute approximate surface area is 118 Å². The van der Waals surface area contributed by atoms with Crippen molar-refractivity contribution in [3.05, 3.63) is 23.8 Å². The van der Waals surface area contributed by atoms with Crippen molar-refractivity contribution in [2.45, 2.75) is 19.1 Å². The molecule has 6 heteroatoms. The van der Waals surface area contributed by atoms with Crippen LogP contribution < -0.4 is 10.5 Å². The van der Waals surface area contributed by atoms with Crippen LogP contribution in [0.25, 0.3) is 0 Å². The molecule has 1 saturated heterocycles. The predicted octanol–water partition coefficient (Wildman–Crippen LogP) is 0.499. The van der Waals surface area contributed by atoms with Gasteiger partial charge in [-0.2, -0.15) is 0 Å². The van der Waals surface area contributed by atoms with E-state index in [4.69, 9.17) is 20.3 Å². The van der Waals surface area contributed by atoms with Crippen LogP contribution in [0, 0.1) is 0 Å². The van der Waals surface area contributed by atoms with Crippen LogP contribution >= 0.6 is 0 Å². The summed E-state index contributed by atoms with van der Waals surface area (Å²) < 4.78 is 10.6. The van der Waals surface area contributed by atoms with Crippen molar-refractivity contribution in [3.8, 4) is 5.75 Å². The smallest absolute Gasteiger partial charge is 0.254 e. The number of aliphatic hydroxyl groups excluding tert-OH is 1. The van der Waals surface area contributed by atoms with E-state index in [9.17, 15) is 4.79 Å². The lowest BCUT2D eigenvalue weighted by Crippen LogP contribution is -2.52. The van der Waals surface area contributed by atoms with Crippen molar-refractivity contribution in [1.82, 2.24) is 4.90 Å². The van der Waals surface area contributed by atoms with Crippen LogP contribution in [0.15, 0.2) is 18.2 Å². The molecule has 1 aliphatic heterocycles. The molecule has 1 fully saturated rings. The molecule has 2 rings (SSSR count). The monoisotopic (exact) mass is 280 g/mol. The van der Waals surface area contributed by atoms with E-state index in [1.165, 1.54) is 7.11 Å². The van der Waals surface area contributed by atoms with E-state index >= 15 is 0 Å². The van der Waals surface area contributed by atoms with Gasteiger partial charge in [-0.15, -0.1) is 0 Å². The fourth-order valence-electron chi connectivity index (χ4n) is 2.22. The first-order valence-corrected chi connectivity index (χ1v) is 6.53. The highest BCUT2D eigenvalue weighted by Gasteiger charge is 2.30. The number of carbonyl (C=O) groups excluding carboxylic acids is 1. The summed E-state index contributed by atoms with van der Waals surface area (Å²) in [6.07, 6.45) is -0.328. The molecule has 20 heavy (non-hydrogen) atoms. The molecule has 1 aliphatic rings. The van der Waals surface area contributed by atoms with Gasteiger partial charge < -0.3 is 25.2 Å². The number of rotatable bonds is 3. The molecule has 0 aromatic heterocycles. The molecule has 0 radical (unpaired) electrons. The Morgan fingerprint density at radius 3 is 3.00 bits per heavy atom. The summed E-state index contributed by atoms with van der Waals surface area (Å²) in [6.45, 7) is 2.62. The second-order valence-electron chi connectivity index (χ2n) is 4.90. The van der Waals surface area contributed by atoms with Gasteiger partial charge in [0.2, 0.25) is 0 Å². The Balaban J connectivity index is 2.21. The SMILES string of the molecule is COc1cc(C(=O)N2CC(CO)OCC2C)ccc1N. The van der Waals surface area contributed by atoms with E-state index in [0.29, 0.717) is 30.2 Å². The first-order chi connectivity index (χ1) is 9.56. The van der Waals surface area contributed by atoms with Gasteiger partial charge in [-0.3, -0.25) is 4.79 Å². The molecule has 1 heterocycles. The number of amides is 1. The maximum atomic E-state index is 12.5. The minimum absolute atomic E-state index is 0.0335. The van der Waals surface area contributed by atoms with E-state index in [1.807, 2.05) is 6.92 Å². The highest BCUT2D eigenvalue weighted by atomic mass is 16.5. The number of nitrogens with two attached hydrogens (primary N) is 1. The molecule has 1 amide bonds. The molecular formula is C14H20N2O4. The van der Waals surface area contributed by atoms with Crippen molar-refractivity contribution in [1.29, 1.82) is 0 Å². The first kappa shape index (κ1) is 14.6. The van der Waals surface area contributed by atoms with E-state index < -0.39 is 0 Å². The Hall–Kier alpha value is -1.79. The van der Waals surface area contributed by atoms with Crippen molar-refractivity contribution in [2.24, 2.45) is 0 Å². The zero-order chi connectivity index (χ0) is 14.7. The molecule has 0 bridgehead atoms. The predicted molar refractivity (Wildman–Crippen MR) is 74.7 cm³/mol. The number of ether oxygens (including phenoxy) is 2. The summed E-state index contributed by atoms with van der Waals surface area (Å²) in [4.78, 5) is 14.2. The molecule has 3 N–H and O–H groups in total. The first-order valence-electron chi connectivity index (χ1n) is 6.53. The van der Waals surface area contributed by atoms with Gasteiger partial charge in [-0.1, -0.05) is 0 Å². The number of nitrogens with zero attached hydrogens (tertiary/aromatic N) is 1. The zero-order valence-electron chi connectivity index (χ0n) is 11.7. The Kier molecular flexibility index (Phi) is 4.46. The van der Waals surface area contributed by atoms with Gasteiger partial charge in [0.1, 0.15) is 5.75 Å². The van der Waals surface area contributed by atoms with E-state index in [1.54, 1.807) is 23.1 Å². The van der Waals surface area contributed by atoms with E-state index in [-0.39, 0.29) is 24.7 Å². The van der Waals surface area contributed by atoms with Gasteiger partial charge in [0.05, 0.1) is 38.2 Å². The fourth-order valence-corrected chi connectivity index (χ4v) is 2.22. The molecule has 2 unspecified atom stereocenters. The quantitative estimate of drug-likeness (QED) is 0.788. The lowest BCUT2D eigenvalue weighted by atomic mass is 10.1. The average Bonchev–Trinajstić information content (AvgIpc) is 2.47. The zero-order valence-corrected chi connectivity index (χ0v) is 11.7. The van der Waals surface area contributed by atoms with E-state index in [0.717, 1.165) is 0 Å². The van der Waals surface area contributed by atoms with Crippen molar-refractivity contribution < 1.29 is 19.4 Å². The molecule has 1 aromatic rings. The van der Waals surface area contributed by atoms with Gasteiger partial charge in [0, 0.05) is 12.1 Å². The number of carbonyl (C=O) groups is 1. The highest BCUT2D eigenvalue weighted by Crippen LogP contribution is 2.24. The Morgan fingerprint density at radius 2 is 2.35 bits per heavy atom. The molecule has 0 spiro atoms. The van der Waals surface area contributed by atoms with Crippen LogP contribution in [-0.2, 0) is 4.74 Å². The standard InChI is InChI=1S/C14H20N2O4/c1-9-8-20-11(7-17)6-16(9)14(18)10-3-4-12(15)13(5-10)19-2/h3-5,9,11,17H,6-8,15H2,1-2H3. The summed E-state index contributed by atoms with van der Waals surface area (Å²) in [5.41, 5.74) is 6.75. The van der Waals surface area contributed by atoms with Crippen molar-refractivity contribution >= 4 is 11.6 Å². The molecule has 0 aliphatic carbocycles. The minimum atomic E-state index is -0.328. The van der Waals surface area contributed by atoms with Gasteiger partial charge in [-0.05, 0) is 25.1 Å². The molecule has 110 valence electrons. The van der Waals surface area contributed by atoms with Crippen LogP contribution in [0.5, 0.6) is 5.75 Å². The summed E-state index contributed by atoms with van der Waals surface area (Å²) >= 11 is 0. The Morgan fingerprint density at radius 1 is 1.60 bits per heavy atom. The summed E-state index contributed by atoms with van der Waals surface area (Å²) in [5.74, 6) is 0.369. The van der Waals surface area contributed by atoms with Crippen LogP contribution in [0.4, 0.5) is 5.69 Å². The van der Waals surface area contributed by atoms with Gasteiger partial charge in [-0.25, -0.2) is 0 Å². The van der Waals surface area contributed by atoms with Crippen LogP contribution in [-0.4, -0.2) is 54.9 Å². The molecule has 6 nitrogen and oxygen atoms in total. The van der Waals surface area contributed by atoms with Crippen LogP contribution in [0.1, 0.15) is 17.3 Å².